The fraction of sp³-hybridized carbons (Fsp3) is 0.588. The SMILES string of the molecule is CC(C)c1ccccc1OCCNC(=O)C1CCC(N)C1. The topological polar surface area (TPSA) is 64.3 Å². The first-order valence-corrected chi connectivity index (χ1v) is 7.83. The highest BCUT2D eigenvalue weighted by atomic mass is 16.5. The van der Waals surface area contributed by atoms with Crippen LogP contribution < -0.4 is 15.8 Å². The van der Waals surface area contributed by atoms with E-state index in [-0.39, 0.29) is 17.9 Å². The van der Waals surface area contributed by atoms with E-state index in [1.165, 1.54) is 5.56 Å². The van der Waals surface area contributed by atoms with Gasteiger partial charge in [0.05, 0.1) is 6.54 Å². The minimum atomic E-state index is 0.0861. The van der Waals surface area contributed by atoms with Gasteiger partial charge >= 0.3 is 0 Å². The van der Waals surface area contributed by atoms with Crippen molar-refractivity contribution < 1.29 is 9.53 Å². The maximum absolute atomic E-state index is 12.0. The normalized spacial score (nSPS) is 21.5. The van der Waals surface area contributed by atoms with Crippen molar-refractivity contribution in [2.24, 2.45) is 11.7 Å². The van der Waals surface area contributed by atoms with Gasteiger partial charge in [-0.15, -0.1) is 0 Å². The number of amides is 1. The third kappa shape index (κ3) is 4.46. The van der Waals surface area contributed by atoms with E-state index in [0.717, 1.165) is 25.0 Å². The molecule has 4 nitrogen and oxygen atoms in total. The van der Waals surface area contributed by atoms with Crippen molar-refractivity contribution in [1.82, 2.24) is 5.32 Å². The molecule has 0 bridgehead atoms. The monoisotopic (exact) mass is 290 g/mol. The molecule has 0 spiro atoms. The third-order valence-electron chi connectivity index (χ3n) is 4.04. The van der Waals surface area contributed by atoms with Crippen LogP contribution in [0.25, 0.3) is 0 Å². The second kappa shape index (κ2) is 7.46. The van der Waals surface area contributed by atoms with E-state index in [9.17, 15) is 4.79 Å². The fourth-order valence-corrected chi connectivity index (χ4v) is 2.82. The molecule has 1 amide bonds. The van der Waals surface area contributed by atoms with Crippen LogP contribution in [-0.4, -0.2) is 25.1 Å². The Morgan fingerprint density at radius 1 is 1.38 bits per heavy atom. The van der Waals surface area contributed by atoms with Crippen LogP contribution in [0.15, 0.2) is 24.3 Å². The van der Waals surface area contributed by atoms with Crippen LogP contribution in [0.5, 0.6) is 5.75 Å². The van der Waals surface area contributed by atoms with Crippen molar-refractivity contribution in [1.29, 1.82) is 0 Å². The Hall–Kier alpha value is -1.55. The van der Waals surface area contributed by atoms with E-state index in [1.54, 1.807) is 0 Å². The van der Waals surface area contributed by atoms with Crippen LogP contribution in [0, 0.1) is 5.92 Å². The highest BCUT2D eigenvalue weighted by Crippen LogP contribution is 2.26. The highest BCUT2D eigenvalue weighted by molar-refractivity contribution is 5.78. The van der Waals surface area contributed by atoms with Gasteiger partial charge in [0.1, 0.15) is 12.4 Å². The molecular formula is C17H26N2O2. The maximum Gasteiger partial charge on any atom is 0.223 e. The standard InChI is InChI=1S/C17H26N2O2/c1-12(2)15-5-3-4-6-16(15)21-10-9-19-17(20)13-7-8-14(18)11-13/h3-6,12-14H,7-11,18H2,1-2H3,(H,19,20). The Morgan fingerprint density at radius 3 is 2.81 bits per heavy atom. The van der Waals surface area contributed by atoms with E-state index in [2.05, 4.69) is 25.2 Å². The summed E-state index contributed by atoms with van der Waals surface area (Å²) >= 11 is 0. The Labute approximate surface area is 127 Å². The first-order chi connectivity index (χ1) is 10.1. The molecule has 0 aromatic heterocycles. The number of nitrogens with two attached hydrogens (primary N) is 1. The number of benzene rings is 1. The molecule has 0 radical (unpaired) electrons. The number of ether oxygens (including phenoxy) is 1. The lowest BCUT2D eigenvalue weighted by molar-refractivity contribution is -0.124. The summed E-state index contributed by atoms with van der Waals surface area (Å²) in [6, 6.07) is 8.24. The second-order valence-electron chi connectivity index (χ2n) is 6.10. The zero-order valence-corrected chi connectivity index (χ0v) is 13.0. The molecule has 116 valence electrons. The Morgan fingerprint density at radius 2 is 2.14 bits per heavy atom. The summed E-state index contributed by atoms with van der Waals surface area (Å²) in [7, 11) is 0. The van der Waals surface area contributed by atoms with Crippen molar-refractivity contribution in [3.05, 3.63) is 29.8 Å². The molecule has 0 heterocycles. The summed E-state index contributed by atoms with van der Waals surface area (Å²) in [4.78, 5) is 12.0. The Balaban J connectivity index is 1.74. The van der Waals surface area contributed by atoms with Gasteiger partial charge in [-0.05, 0) is 36.8 Å². The molecule has 4 heteroatoms. The van der Waals surface area contributed by atoms with Gasteiger partial charge in [0.25, 0.3) is 0 Å². The zero-order chi connectivity index (χ0) is 15.2. The number of nitrogens with one attached hydrogen (secondary N) is 1. The van der Waals surface area contributed by atoms with Crippen molar-refractivity contribution in [3.63, 3.8) is 0 Å². The maximum atomic E-state index is 12.0. The molecule has 1 fully saturated rings. The van der Waals surface area contributed by atoms with Crippen LogP contribution in [0.3, 0.4) is 0 Å². The molecule has 21 heavy (non-hydrogen) atoms. The predicted octanol–water partition coefficient (Wildman–Crippen LogP) is 2.43. The molecule has 1 saturated carbocycles. The molecular weight excluding hydrogens is 264 g/mol. The van der Waals surface area contributed by atoms with E-state index in [0.29, 0.717) is 19.1 Å². The van der Waals surface area contributed by atoms with Gasteiger partial charge in [0.15, 0.2) is 0 Å². The number of carbonyl (C=O) groups excluding carboxylic acids is 1. The molecule has 1 aliphatic rings. The average Bonchev–Trinajstić information content (AvgIpc) is 2.90. The number of carbonyl (C=O) groups is 1. The van der Waals surface area contributed by atoms with Crippen LogP contribution in [0.2, 0.25) is 0 Å². The summed E-state index contributed by atoms with van der Waals surface area (Å²) in [5.74, 6) is 1.53. The molecule has 2 unspecified atom stereocenters. The number of hydrogen-bond acceptors (Lipinski definition) is 3. The summed E-state index contributed by atoms with van der Waals surface area (Å²) in [5, 5.41) is 2.94. The van der Waals surface area contributed by atoms with Gasteiger partial charge in [0, 0.05) is 12.0 Å². The average molecular weight is 290 g/mol. The van der Waals surface area contributed by atoms with Crippen LogP contribution in [0.4, 0.5) is 0 Å². The van der Waals surface area contributed by atoms with Gasteiger partial charge in [-0.1, -0.05) is 32.0 Å². The molecule has 2 rings (SSSR count). The highest BCUT2D eigenvalue weighted by Gasteiger charge is 2.27. The van der Waals surface area contributed by atoms with Crippen molar-refractivity contribution >= 4 is 5.91 Å². The molecule has 1 aliphatic carbocycles. The number of hydrogen-bond donors (Lipinski definition) is 2. The third-order valence-corrected chi connectivity index (χ3v) is 4.04. The second-order valence-corrected chi connectivity index (χ2v) is 6.10. The van der Waals surface area contributed by atoms with Crippen molar-refractivity contribution in [3.8, 4) is 5.75 Å². The van der Waals surface area contributed by atoms with Crippen LogP contribution in [0.1, 0.15) is 44.6 Å². The largest absolute Gasteiger partial charge is 0.491 e. The summed E-state index contributed by atoms with van der Waals surface area (Å²) in [6.45, 7) is 5.33. The first kappa shape index (κ1) is 15.8. The van der Waals surface area contributed by atoms with Gasteiger partial charge in [-0.25, -0.2) is 0 Å². The van der Waals surface area contributed by atoms with E-state index >= 15 is 0 Å². The van der Waals surface area contributed by atoms with E-state index in [1.807, 2.05) is 18.2 Å². The summed E-state index contributed by atoms with van der Waals surface area (Å²) in [6.07, 6.45) is 2.67. The minimum absolute atomic E-state index is 0.0861. The Kier molecular flexibility index (Phi) is 5.62. The molecule has 0 aliphatic heterocycles. The molecule has 0 saturated heterocycles. The van der Waals surface area contributed by atoms with Gasteiger partial charge in [-0.3, -0.25) is 4.79 Å². The summed E-state index contributed by atoms with van der Waals surface area (Å²) < 4.78 is 5.79. The van der Waals surface area contributed by atoms with Crippen molar-refractivity contribution in [2.75, 3.05) is 13.2 Å². The van der Waals surface area contributed by atoms with Crippen LogP contribution in [-0.2, 0) is 4.79 Å². The smallest absolute Gasteiger partial charge is 0.223 e. The Bertz CT molecular complexity index is 474. The summed E-state index contributed by atoms with van der Waals surface area (Å²) in [5.41, 5.74) is 7.03. The lowest BCUT2D eigenvalue weighted by atomic mass is 10.0. The molecule has 2 atom stereocenters. The lowest BCUT2D eigenvalue weighted by Gasteiger charge is -2.15. The van der Waals surface area contributed by atoms with Crippen LogP contribution >= 0.6 is 0 Å². The molecule has 1 aromatic rings. The lowest BCUT2D eigenvalue weighted by Crippen LogP contribution is -2.33. The van der Waals surface area contributed by atoms with Gasteiger partial charge in [-0.2, -0.15) is 0 Å². The molecule has 1 aromatic carbocycles. The fourth-order valence-electron chi connectivity index (χ4n) is 2.82. The number of para-hydroxylation sites is 1. The number of rotatable bonds is 6. The van der Waals surface area contributed by atoms with E-state index in [4.69, 9.17) is 10.5 Å². The predicted molar refractivity (Wildman–Crippen MR) is 84.4 cm³/mol. The van der Waals surface area contributed by atoms with Crippen molar-refractivity contribution in [2.45, 2.75) is 45.1 Å². The zero-order valence-electron chi connectivity index (χ0n) is 13.0. The van der Waals surface area contributed by atoms with E-state index < -0.39 is 0 Å². The molecule has 3 N–H and O–H groups in total. The quantitative estimate of drug-likeness (QED) is 0.791. The first-order valence-electron chi connectivity index (χ1n) is 7.83. The van der Waals surface area contributed by atoms with Gasteiger partial charge in [0.2, 0.25) is 5.91 Å². The minimum Gasteiger partial charge on any atom is -0.491 e. The van der Waals surface area contributed by atoms with Gasteiger partial charge < -0.3 is 15.8 Å².